The second-order valence-electron chi connectivity index (χ2n) is 6.32. The highest BCUT2D eigenvalue weighted by Gasteiger charge is 2.44. The van der Waals surface area contributed by atoms with E-state index in [1.807, 2.05) is 0 Å². The third-order valence-corrected chi connectivity index (χ3v) is 4.62. The lowest BCUT2D eigenvalue weighted by Gasteiger charge is -2.32. The molecule has 1 fully saturated rings. The van der Waals surface area contributed by atoms with E-state index in [0.717, 1.165) is 0 Å². The van der Waals surface area contributed by atoms with Crippen molar-refractivity contribution in [2.45, 2.75) is 38.6 Å². The Kier molecular flexibility index (Phi) is 4.13. The van der Waals surface area contributed by atoms with Gasteiger partial charge in [0.2, 0.25) is 0 Å². The van der Waals surface area contributed by atoms with E-state index in [2.05, 4.69) is 0 Å². The van der Waals surface area contributed by atoms with E-state index in [1.165, 1.54) is 11.8 Å². The average molecular weight is 327 g/mol. The summed E-state index contributed by atoms with van der Waals surface area (Å²) in [5, 5.41) is 0. The molecular weight excluding hydrogens is 310 g/mol. The first kappa shape index (κ1) is 16.2. The van der Waals surface area contributed by atoms with Gasteiger partial charge < -0.3 is 0 Å². The zero-order valence-corrected chi connectivity index (χ0v) is 13.3. The number of hydrogen-bond donors (Lipinski definition) is 0. The number of rotatable bonds is 4. The van der Waals surface area contributed by atoms with Crippen LogP contribution in [0.3, 0.4) is 0 Å². The standard InChI is InChI=1S/C18H17NO5/c1-10(20)8-16(22)14-9-11(6-7-15(14)21)19-17(23)12-4-2-3-5-13(12)18(19)24/h2-5,11,14H,6-9H2,1H3. The van der Waals surface area contributed by atoms with Gasteiger partial charge in [0, 0.05) is 12.5 Å². The van der Waals surface area contributed by atoms with Crippen LogP contribution in [-0.2, 0) is 14.4 Å². The number of fused-ring (bicyclic) bond motifs is 1. The Morgan fingerprint density at radius 2 is 1.67 bits per heavy atom. The second-order valence-corrected chi connectivity index (χ2v) is 6.32. The first-order valence-corrected chi connectivity index (χ1v) is 7.92. The Balaban J connectivity index is 1.82. The molecule has 124 valence electrons. The van der Waals surface area contributed by atoms with Crippen LogP contribution in [0.4, 0.5) is 0 Å². The van der Waals surface area contributed by atoms with Crippen molar-refractivity contribution in [3.63, 3.8) is 0 Å². The number of imide groups is 1. The van der Waals surface area contributed by atoms with Crippen LogP contribution in [-0.4, -0.2) is 40.1 Å². The molecule has 1 aromatic carbocycles. The van der Waals surface area contributed by atoms with Gasteiger partial charge in [-0.25, -0.2) is 0 Å². The van der Waals surface area contributed by atoms with E-state index in [-0.39, 0.29) is 42.6 Å². The maximum absolute atomic E-state index is 12.5. The summed E-state index contributed by atoms with van der Waals surface area (Å²) in [5.74, 6) is -2.60. The molecule has 1 aliphatic carbocycles. The van der Waals surface area contributed by atoms with Crippen molar-refractivity contribution in [1.29, 1.82) is 0 Å². The fourth-order valence-corrected chi connectivity index (χ4v) is 3.46. The lowest BCUT2D eigenvalue weighted by molar-refractivity contribution is -0.136. The Bertz CT molecular complexity index is 731. The summed E-state index contributed by atoms with van der Waals surface area (Å²) in [5.41, 5.74) is 0.706. The van der Waals surface area contributed by atoms with E-state index >= 15 is 0 Å². The number of nitrogens with zero attached hydrogens (tertiary/aromatic N) is 1. The Morgan fingerprint density at radius 3 is 2.21 bits per heavy atom. The molecular formula is C18H17NO5. The van der Waals surface area contributed by atoms with Crippen LogP contribution in [0, 0.1) is 5.92 Å². The molecule has 0 N–H and O–H groups in total. The van der Waals surface area contributed by atoms with Gasteiger partial charge >= 0.3 is 0 Å². The molecule has 3 rings (SSSR count). The lowest BCUT2D eigenvalue weighted by atomic mass is 9.80. The molecule has 6 heteroatoms. The molecule has 24 heavy (non-hydrogen) atoms. The minimum absolute atomic E-state index is 0.108. The number of Topliss-reactive ketones (excluding diaryl/α,β-unsaturated/α-hetero) is 3. The van der Waals surface area contributed by atoms with Crippen LogP contribution in [0.5, 0.6) is 0 Å². The van der Waals surface area contributed by atoms with Crippen LogP contribution in [0.25, 0.3) is 0 Å². The Morgan fingerprint density at radius 1 is 1.08 bits per heavy atom. The van der Waals surface area contributed by atoms with Gasteiger partial charge in [-0.1, -0.05) is 12.1 Å². The number of carbonyl (C=O) groups excluding carboxylic acids is 5. The van der Waals surface area contributed by atoms with Gasteiger partial charge in [0.1, 0.15) is 11.6 Å². The molecule has 2 amide bonds. The van der Waals surface area contributed by atoms with Crippen molar-refractivity contribution in [3.8, 4) is 0 Å². The molecule has 1 saturated carbocycles. The van der Waals surface area contributed by atoms with Crippen molar-refractivity contribution in [2.75, 3.05) is 0 Å². The molecule has 0 bridgehead atoms. The topological polar surface area (TPSA) is 88.6 Å². The van der Waals surface area contributed by atoms with Gasteiger partial charge in [-0.2, -0.15) is 0 Å². The third kappa shape index (κ3) is 2.68. The highest BCUT2D eigenvalue weighted by molar-refractivity contribution is 6.21. The number of benzene rings is 1. The molecule has 0 aromatic heterocycles. The predicted molar refractivity (Wildman–Crippen MR) is 83.4 cm³/mol. The summed E-state index contributed by atoms with van der Waals surface area (Å²) in [4.78, 5) is 61.5. The highest BCUT2D eigenvalue weighted by atomic mass is 16.2. The lowest BCUT2D eigenvalue weighted by Crippen LogP contribution is -2.46. The first-order chi connectivity index (χ1) is 11.4. The van der Waals surface area contributed by atoms with Crippen molar-refractivity contribution < 1.29 is 24.0 Å². The quantitative estimate of drug-likeness (QED) is 0.618. The van der Waals surface area contributed by atoms with Gasteiger partial charge in [0.15, 0.2) is 5.78 Å². The molecule has 1 aromatic rings. The monoisotopic (exact) mass is 327 g/mol. The largest absolute Gasteiger partial charge is 0.300 e. The highest BCUT2D eigenvalue weighted by Crippen LogP contribution is 2.32. The van der Waals surface area contributed by atoms with E-state index in [9.17, 15) is 24.0 Å². The smallest absolute Gasteiger partial charge is 0.261 e. The Hall–Kier alpha value is -2.63. The third-order valence-electron chi connectivity index (χ3n) is 4.62. The minimum atomic E-state index is -0.906. The van der Waals surface area contributed by atoms with Gasteiger partial charge in [-0.3, -0.25) is 28.9 Å². The summed E-state index contributed by atoms with van der Waals surface area (Å²) in [7, 11) is 0. The molecule has 6 nitrogen and oxygen atoms in total. The van der Waals surface area contributed by atoms with E-state index < -0.39 is 17.7 Å². The second kappa shape index (κ2) is 6.11. The number of amides is 2. The van der Waals surface area contributed by atoms with Crippen LogP contribution >= 0.6 is 0 Å². The van der Waals surface area contributed by atoms with Crippen molar-refractivity contribution in [3.05, 3.63) is 35.4 Å². The molecule has 1 aliphatic heterocycles. The van der Waals surface area contributed by atoms with Crippen molar-refractivity contribution >= 4 is 29.2 Å². The maximum atomic E-state index is 12.5. The van der Waals surface area contributed by atoms with Gasteiger partial charge in [0.05, 0.1) is 23.5 Å². The van der Waals surface area contributed by atoms with Gasteiger partial charge in [-0.15, -0.1) is 0 Å². The summed E-state index contributed by atoms with van der Waals surface area (Å²) in [6.45, 7) is 1.30. The number of hydrogen-bond acceptors (Lipinski definition) is 5. The molecule has 0 radical (unpaired) electrons. The van der Waals surface area contributed by atoms with Crippen LogP contribution < -0.4 is 0 Å². The summed E-state index contributed by atoms with van der Waals surface area (Å²) in [6.07, 6.45) is 0.308. The predicted octanol–water partition coefficient (Wildman–Crippen LogP) is 1.57. The molecule has 2 unspecified atom stereocenters. The fourth-order valence-electron chi connectivity index (χ4n) is 3.46. The summed E-state index contributed by atoms with van der Waals surface area (Å²) >= 11 is 0. The molecule has 2 aliphatic rings. The number of ketones is 3. The first-order valence-electron chi connectivity index (χ1n) is 7.92. The SMILES string of the molecule is CC(=O)CC(=O)C1CC(N2C(=O)c3ccccc3C2=O)CCC1=O. The van der Waals surface area contributed by atoms with E-state index in [1.54, 1.807) is 24.3 Å². The Labute approximate surface area is 138 Å². The zero-order valence-electron chi connectivity index (χ0n) is 13.3. The zero-order chi connectivity index (χ0) is 17.4. The normalized spacial score (nSPS) is 23.4. The van der Waals surface area contributed by atoms with Crippen molar-refractivity contribution in [2.24, 2.45) is 5.92 Å². The summed E-state index contributed by atoms with van der Waals surface area (Å²) < 4.78 is 0. The van der Waals surface area contributed by atoms with E-state index in [4.69, 9.17) is 0 Å². The average Bonchev–Trinajstić information content (AvgIpc) is 2.79. The van der Waals surface area contributed by atoms with Gasteiger partial charge in [0.25, 0.3) is 11.8 Å². The molecule has 0 saturated heterocycles. The minimum Gasteiger partial charge on any atom is -0.300 e. The van der Waals surface area contributed by atoms with Crippen LogP contribution in [0.1, 0.15) is 53.3 Å². The van der Waals surface area contributed by atoms with E-state index in [0.29, 0.717) is 17.5 Å². The van der Waals surface area contributed by atoms with Gasteiger partial charge in [-0.05, 0) is 31.9 Å². The van der Waals surface area contributed by atoms with Crippen LogP contribution in [0.15, 0.2) is 24.3 Å². The molecule has 1 heterocycles. The van der Waals surface area contributed by atoms with Crippen LogP contribution in [0.2, 0.25) is 0 Å². The molecule has 2 atom stereocenters. The fraction of sp³-hybridized carbons (Fsp3) is 0.389. The summed E-state index contributed by atoms with van der Waals surface area (Å²) in [6, 6.07) is 6.09. The van der Waals surface area contributed by atoms with Crippen molar-refractivity contribution in [1.82, 2.24) is 4.90 Å². The maximum Gasteiger partial charge on any atom is 0.261 e. The number of carbonyl (C=O) groups is 5. The molecule has 0 spiro atoms.